The Hall–Kier alpha value is -4.21. The van der Waals surface area contributed by atoms with Crippen molar-refractivity contribution in [1.29, 1.82) is 0 Å². The maximum Gasteiger partial charge on any atom is 0.330 e. The SMILES string of the molecule is CC(C)CCN(C(=O)c1ccccc1[N+](=O)[O-])c1c(N)n(Cc2ccccc2)c(=O)[nH]c1=O. The van der Waals surface area contributed by atoms with E-state index >= 15 is 0 Å². The first-order valence-corrected chi connectivity index (χ1v) is 10.4. The number of nitrogens with zero attached hydrogens (tertiary/aromatic N) is 3. The van der Waals surface area contributed by atoms with Crippen LogP contribution in [-0.2, 0) is 6.54 Å². The minimum atomic E-state index is -0.836. The molecule has 0 saturated carbocycles. The molecule has 0 atom stereocenters. The highest BCUT2D eigenvalue weighted by Crippen LogP contribution is 2.25. The fourth-order valence-corrected chi connectivity index (χ4v) is 3.42. The van der Waals surface area contributed by atoms with Crippen molar-refractivity contribution < 1.29 is 9.72 Å². The van der Waals surface area contributed by atoms with Crippen LogP contribution in [0.2, 0.25) is 0 Å². The molecule has 33 heavy (non-hydrogen) atoms. The molecule has 0 spiro atoms. The molecule has 0 aliphatic rings. The quantitative estimate of drug-likeness (QED) is 0.398. The van der Waals surface area contributed by atoms with Gasteiger partial charge in [-0.3, -0.25) is 29.3 Å². The molecule has 3 N–H and O–H groups in total. The maximum atomic E-state index is 13.5. The topological polar surface area (TPSA) is 144 Å². The predicted octanol–water partition coefficient (Wildman–Crippen LogP) is 2.77. The molecule has 0 fully saturated rings. The summed E-state index contributed by atoms with van der Waals surface area (Å²) < 4.78 is 1.17. The van der Waals surface area contributed by atoms with Crippen LogP contribution in [0.15, 0.2) is 64.2 Å². The van der Waals surface area contributed by atoms with Crippen LogP contribution in [0.3, 0.4) is 0 Å². The third-order valence-electron chi connectivity index (χ3n) is 5.17. The highest BCUT2D eigenvalue weighted by Gasteiger charge is 2.29. The molecular weight excluding hydrogens is 426 g/mol. The van der Waals surface area contributed by atoms with Crippen molar-refractivity contribution in [3.8, 4) is 0 Å². The highest BCUT2D eigenvalue weighted by atomic mass is 16.6. The van der Waals surface area contributed by atoms with Crippen molar-refractivity contribution in [2.24, 2.45) is 5.92 Å². The van der Waals surface area contributed by atoms with Gasteiger partial charge in [-0.15, -0.1) is 0 Å². The van der Waals surface area contributed by atoms with Gasteiger partial charge in [0.25, 0.3) is 17.2 Å². The second kappa shape index (κ2) is 9.94. The zero-order valence-electron chi connectivity index (χ0n) is 18.4. The van der Waals surface area contributed by atoms with Crippen LogP contribution < -0.4 is 21.9 Å². The number of benzene rings is 2. The van der Waals surface area contributed by atoms with Gasteiger partial charge in [-0.05, 0) is 24.0 Å². The summed E-state index contributed by atoms with van der Waals surface area (Å²) in [6, 6.07) is 14.5. The Bertz CT molecular complexity index is 1280. The molecule has 0 radical (unpaired) electrons. The molecule has 3 rings (SSSR count). The molecule has 10 heteroatoms. The summed E-state index contributed by atoms with van der Waals surface area (Å²) in [5, 5.41) is 11.5. The molecule has 10 nitrogen and oxygen atoms in total. The number of aromatic nitrogens is 2. The van der Waals surface area contributed by atoms with Crippen LogP contribution >= 0.6 is 0 Å². The number of nitrogens with one attached hydrogen (secondary N) is 1. The van der Waals surface area contributed by atoms with E-state index in [-0.39, 0.29) is 41.8 Å². The minimum Gasteiger partial charge on any atom is -0.383 e. The first-order valence-electron chi connectivity index (χ1n) is 10.4. The number of nitrogens with two attached hydrogens (primary N) is 1. The Morgan fingerprint density at radius 1 is 1.12 bits per heavy atom. The van der Waals surface area contributed by atoms with E-state index < -0.39 is 22.1 Å². The minimum absolute atomic E-state index is 0.0764. The number of para-hydroxylation sites is 1. The van der Waals surface area contributed by atoms with E-state index in [2.05, 4.69) is 4.98 Å². The van der Waals surface area contributed by atoms with Gasteiger partial charge in [-0.25, -0.2) is 4.79 Å². The van der Waals surface area contributed by atoms with Gasteiger partial charge >= 0.3 is 5.69 Å². The summed E-state index contributed by atoms with van der Waals surface area (Å²) in [5.74, 6) is -0.769. The molecule has 3 aromatic rings. The molecule has 1 aromatic heterocycles. The fraction of sp³-hybridized carbons (Fsp3) is 0.261. The monoisotopic (exact) mass is 451 g/mol. The van der Waals surface area contributed by atoms with Crippen molar-refractivity contribution >= 4 is 23.1 Å². The fourth-order valence-electron chi connectivity index (χ4n) is 3.42. The summed E-state index contributed by atoms with van der Waals surface area (Å²) in [4.78, 5) is 53.0. The summed E-state index contributed by atoms with van der Waals surface area (Å²) in [6.45, 7) is 4.04. The zero-order valence-corrected chi connectivity index (χ0v) is 18.4. The Balaban J connectivity index is 2.16. The number of anilines is 2. The third-order valence-corrected chi connectivity index (χ3v) is 5.17. The lowest BCUT2D eigenvalue weighted by molar-refractivity contribution is -0.385. The van der Waals surface area contributed by atoms with Gasteiger partial charge in [0.05, 0.1) is 11.5 Å². The Morgan fingerprint density at radius 2 is 1.76 bits per heavy atom. The van der Waals surface area contributed by atoms with Gasteiger partial charge in [0, 0.05) is 12.6 Å². The summed E-state index contributed by atoms with van der Waals surface area (Å²) in [7, 11) is 0. The van der Waals surface area contributed by atoms with Gasteiger partial charge in [-0.1, -0.05) is 56.3 Å². The molecule has 1 heterocycles. The second-order valence-electron chi connectivity index (χ2n) is 7.98. The molecular formula is C23H25N5O5. The van der Waals surface area contributed by atoms with Crippen molar-refractivity contribution in [3.63, 3.8) is 0 Å². The number of carbonyl (C=O) groups excluding carboxylic acids is 1. The number of nitrogen functional groups attached to an aromatic ring is 1. The predicted molar refractivity (Wildman–Crippen MR) is 126 cm³/mol. The lowest BCUT2D eigenvalue weighted by Gasteiger charge is -2.25. The van der Waals surface area contributed by atoms with E-state index in [1.807, 2.05) is 19.9 Å². The van der Waals surface area contributed by atoms with Crippen LogP contribution in [-0.4, -0.2) is 26.9 Å². The van der Waals surface area contributed by atoms with Crippen molar-refractivity contribution in [2.45, 2.75) is 26.8 Å². The second-order valence-corrected chi connectivity index (χ2v) is 7.98. The molecule has 1 amide bonds. The number of hydrogen-bond donors (Lipinski definition) is 2. The zero-order chi connectivity index (χ0) is 24.1. The van der Waals surface area contributed by atoms with E-state index in [0.29, 0.717) is 6.42 Å². The molecule has 172 valence electrons. The maximum absolute atomic E-state index is 13.5. The number of nitro groups is 1. The van der Waals surface area contributed by atoms with Gasteiger partial charge in [-0.2, -0.15) is 0 Å². The number of nitro benzene ring substituents is 1. The summed E-state index contributed by atoms with van der Waals surface area (Å²) in [5.41, 5.74) is 4.71. The van der Waals surface area contributed by atoms with Crippen LogP contribution in [0.1, 0.15) is 36.2 Å². The van der Waals surface area contributed by atoms with Crippen molar-refractivity contribution in [2.75, 3.05) is 17.2 Å². The van der Waals surface area contributed by atoms with E-state index in [1.165, 1.54) is 28.8 Å². The van der Waals surface area contributed by atoms with Crippen molar-refractivity contribution in [3.05, 3.63) is 96.7 Å². The lowest BCUT2D eigenvalue weighted by atomic mass is 10.1. The highest BCUT2D eigenvalue weighted by molar-refractivity contribution is 6.09. The first-order chi connectivity index (χ1) is 15.7. The Labute approximate surface area is 189 Å². The lowest BCUT2D eigenvalue weighted by Crippen LogP contribution is -2.42. The normalized spacial score (nSPS) is 10.9. The first kappa shape index (κ1) is 23.5. The van der Waals surface area contributed by atoms with Crippen LogP contribution in [0, 0.1) is 16.0 Å². The molecule has 0 saturated heterocycles. The standard InChI is InChI=1S/C23H25N5O5/c1-15(2)12-13-26(22(30)17-10-6-7-11-18(17)28(32)33)19-20(24)27(23(31)25-21(19)29)14-16-8-4-3-5-9-16/h3-11,15H,12-14,24H2,1-2H3,(H,25,29,31). The molecule has 0 aliphatic carbocycles. The van der Waals surface area contributed by atoms with Gasteiger partial charge in [0.1, 0.15) is 11.4 Å². The molecule has 0 unspecified atom stereocenters. The number of amides is 1. The van der Waals surface area contributed by atoms with Gasteiger partial charge in [0.15, 0.2) is 5.69 Å². The number of H-pyrrole nitrogens is 1. The van der Waals surface area contributed by atoms with Crippen LogP contribution in [0.5, 0.6) is 0 Å². The number of carbonyl (C=O) groups is 1. The van der Waals surface area contributed by atoms with E-state index in [9.17, 15) is 24.5 Å². The van der Waals surface area contributed by atoms with Crippen LogP contribution in [0.4, 0.5) is 17.2 Å². The third kappa shape index (κ3) is 5.17. The van der Waals surface area contributed by atoms with Crippen LogP contribution in [0.25, 0.3) is 0 Å². The average molecular weight is 451 g/mol. The van der Waals surface area contributed by atoms with Gasteiger partial charge < -0.3 is 10.6 Å². The summed E-state index contributed by atoms with van der Waals surface area (Å²) in [6.07, 6.45) is 0.503. The Morgan fingerprint density at radius 3 is 2.39 bits per heavy atom. The number of rotatable bonds is 8. The Kier molecular flexibility index (Phi) is 7.07. The number of aromatic amines is 1. The molecule has 0 bridgehead atoms. The van der Waals surface area contributed by atoms with Crippen molar-refractivity contribution in [1.82, 2.24) is 9.55 Å². The largest absolute Gasteiger partial charge is 0.383 e. The summed E-state index contributed by atoms with van der Waals surface area (Å²) >= 11 is 0. The molecule has 0 aliphatic heterocycles. The van der Waals surface area contributed by atoms with E-state index in [4.69, 9.17) is 5.73 Å². The smallest absolute Gasteiger partial charge is 0.330 e. The van der Waals surface area contributed by atoms with E-state index in [1.54, 1.807) is 24.3 Å². The molecule has 2 aromatic carbocycles. The number of hydrogen-bond acceptors (Lipinski definition) is 6. The van der Waals surface area contributed by atoms with Gasteiger partial charge in [0.2, 0.25) is 0 Å². The van der Waals surface area contributed by atoms with E-state index in [0.717, 1.165) is 10.5 Å². The average Bonchev–Trinajstić information content (AvgIpc) is 2.78.